The molecule has 33 heavy (non-hydrogen) atoms. The van der Waals surface area contributed by atoms with Crippen molar-refractivity contribution in [3.63, 3.8) is 0 Å². The summed E-state index contributed by atoms with van der Waals surface area (Å²) in [5.41, 5.74) is -1.13. The van der Waals surface area contributed by atoms with E-state index in [2.05, 4.69) is 4.74 Å². The number of unbranched alkanes of at least 4 members (excludes halogenated alkanes) is 1. The van der Waals surface area contributed by atoms with Crippen molar-refractivity contribution in [1.29, 1.82) is 0 Å². The van der Waals surface area contributed by atoms with Crippen LogP contribution < -0.4 is 0 Å². The van der Waals surface area contributed by atoms with E-state index in [-0.39, 0.29) is 12.8 Å². The number of aliphatic hydroxyl groups excluding tert-OH is 1. The highest BCUT2D eigenvalue weighted by Crippen LogP contribution is 2.24. The fourth-order valence-corrected chi connectivity index (χ4v) is 2.95. The molecule has 0 aliphatic rings. The SMILES string of the molecule is O=C(OCCCCC(F)(F)F)c1cc(C(=O)OCCC(O)CC(F)(F)F)cc(S(=O)(=O)O)c1. The van der Waals surface area contributed by atoms with Gasteiger partial charge in [-0.3, -0.25) is 4.55 Å². The molecule has 0 saturated heterocycles. The summed E-state index contributed by atoms with van der Waals surface area (Å²) >= 11 is 0. The van der Waals surface area contributed by atoms with Crippen molar-refractivity contribution < 1.29 is 63.5 Å². The molecule has 1 aromatic rings. The van der Waals surface area contributed by atoms with Gasteiger partial charge in [-0.2, -0.15) is 34.8 Å². The average Bonchev–Trinajstić information content (AvgIpc) is 2.64. The lowest BCUT2D eigenvalue weighted by molar-refractivity contribution is -0.154. The van der Waals surface area contributed by atoms with E-state index in [0.29, 0.717) is 12.1 Å². The Morgan fingerprint density at radius 2 is 1.39 bits per heavy atom. The first-order chi connectivity index (χ1) is 15.0. The van der Waals surface area contributed by atoms with Gasteiger partial charge in [0, 0.05) is 12.8 Å². The predicted octanol–water partition coefficient (Wildman–Crippen LogP) is 3.68. The number of carbonyl (C=O) groups excluding carboxylic acids is 2. The number of alkyl halides is 6. The molecule has 0 radical (unpaired) electrons. The second kappa shape index (κ2) is 11.7. The van der Waals surface area contributed by atoms with Crippen LogP contribution in [-0.2, 0) is 19.6 Å². The van der Waals surface area contributed by atoms with Gasteiger partial charge in [-0.1, -0.05) is 0 Å². The number of halogens is 6. The first kappa shape index (κ1) is 28.6. The van der Waals surface area contributed by atoms with Crippen LogP contribution in [-0.4, -0.2) is 61.7 Å². The number of carbonyl (C=O) groups is 2. The van der Waals surface area contributed by atoms with Gasteiger partial charge < -0.3 is 14.6 Å². The molecule has 1 atom stereocenters. The molecule has 15 heteroatoms. The first-order valence-electron chi connectivity index (χ1n) is 9.26. The molecule has 188 valence electrons. The predicted molar refractivity (Wildman–Crippen MR) is 98.0 cm³/mol. The zero-order valence-electron chi connectivity index (χ0n) is 16.8. The third kappa shape index (κ3) is 11.9. The molecule has 0 heterocycles. The van der Waals surface area contributed by atoms with Crippen LogP contribution in [0.4, 0.5) is 26.3 Å². The minimum atomic E-state index is -4.92. The molecule has 0 bridgehead atoms. The lowest BCUT2D eigenvalue weighted by Gasteiger charge is -2.13. The Bertz CT molecular complexity index is 927. The van der Waals surface area contributed by atoms with Crippen LogP contribution in [0.5, 0.6) is 0 Å². The van der Waals surface area contributed by atoms with Crippen molar-refractivity contribution in [1.82, 2.24) is 0 Å². The molecule has 0 aliphatic heterocycles. The minimum Gasteiger partial charge on any atom is -0.462 e. The van der Waals surface area contributed by atoms with Crippen molar-refractivity contribution >= 4 is 22.1 Å². The Labute approximate surface area is 184 Å². The highest BCUT2D eigenvalue weighted by Gasteiger charge is 2.31. The molecule has 0 amide bonds. The van der Waals surface area contributed by atoms with Gasteiger partial charge in [0.2, 0.25) is 0 Å². The van der Waals surface area contributed by atoms with E-state index in [1.807, 2.05) is 0 Å². The number of ether oxygens (including phenoxy) is 2. The molecule has 0 saturated carbocycles. The topological polar surface area (TPSA) is 127 Å². The van der Waals surface area contributed by atoms with Crippen LogP contribution in [0.1, 0.15) is 52.8 Å². The van der Waals surface area contributed by atoms with Crippen LogP contribution in [0, 0.1) is 0 Å². The lowest BCUT2D eigenvalue weighted by atomic mass is 10.1. The summed E-state index contributed by atoms with van der Waals surface area (Å²) in [4.78, 5) is 23.3. The quantitative estimate of drug-likeness (QED) is 0.200. The molecule has 0 aliphatic carbocycles. The average molecular weight is 510 g/mol. The molecular formula is C18H20F6O8S. The van der Waals surface area contributed by atoms with Crippen molar-refractivity contribution in [2.45, 2.75) is 55.5 Å². The fraction of sp³-hybridized carbons (Fsp3) is 0.556. The summed E-state index contributed by atoms with van der Waals surface area (Å²) in [6, 6.07) is 2.09. The van der Waals surface area contributed by atoms with Crippen molar-refractivity contribution in [3.8, 4) is 0 Å². The number of aliphatic hydroxyl groups is 1. The molecule has 0 aromatic heterocycles. The molecule has 2 N–H and O–H groups in total. The number of hydrogen-bond acceptors (Lipinski definition) is 7. The Kier molecular flexibility index (Phi) is 10.1. The zero-order valence-corrected chi connectivity index (χ0v) is 17.6. The van der Waals surface area contributed by atoms with Gasteiger partial charge in [0.25, 0.3) is 10.1 Å². The Hall–Kier alpha value is -2.39. The normalized spacial score (nSPS) is 13.5. The minimum absolute atomic E-state index is 0.154. The van der Waals surface area contributed by atoms with Crippen molar-refractivity contribution in [2.75, 3.05) is 13.2 Å². The van der Waals surface area contributed by atoms with Crippen LogP contribution >= 0.6 is 0 Å². The van der Waals surface area contributed by atoms with Crippen LogP contribution in [0.15, 0.2) is 23.1 Å². The van der Waals surface area contributed by atoms with Gasteiger partial charge in [0.15, 0.2) is 0 Å². The van der Waals surface area contributed by atoms with Gasteiger partial charge in [0.1, 0.15) is 0 Å². The largest absolute Gasteiger partial charge is 0.462 e. The van der Waals surface area contributed by atoms with E-state index in [4.69, 9.17) is 4.74 Å². The third-order valence-corrected chi connectivity index (χ3v) is 4.75. The van der Waals surface area contributed by atoms with Gasteiger partial charge >= 0.3 is 24.3 Å². The first-order valence-corrected chi connectivity index (χ1v) is 10.7. The fourth-order valence-electron chi connectivity index (χ4n) is 2.40. The van der Waals surface area contributed by atoms with Gasteiger partial charge in [-0.25, -0.2) is 9.59 Å². The lowest BCUT2D eigenvalue weighted by Crippen LogP contribution is -2.21. The monoisotopic (exact) mass is 510 g/mol. The van der Waals surface area contributed by atoms with E-state index in [1.165, 1.54) is 0 Å². The zero-order chi connectivity index (χ0) is 25.4. The molecule has 1 rings (SSSR count). The Morgan fingerprint density at radius 1 is 0.879 bits per heavy atom. The van der Waals surface area contributed by atoms with Gasteiger partial charge in [0.05, 0.1) is 41.8 Å². The Balaban J connectivity index is 2.83. The molecule has 0 fully saturated rings. The van der Waals surface area contributed by atoms with Crippen LogP contribution in [0.3, 0.4) is 0 Å². The number of esters is 2. The third-order valence-electron chi connectivity index (χ3n) is 3.91. The molecular weight excluding hydrogens is 490 g/mol. The number of rotatable bonds is 11. The van der Waals surface area contributed by atoms with E-state index in [1.54, 1.807) is 0 Å². The Morgan fingerprint density at radius 3 is 1.85 bits per heavy atom. The standard InChI is InChI=1S/C18H20F6O8S/c19-17(20,21)4-1-2-5-31-15(26)11-7-12(9-14(8-11)33(28,29)30)16(27)32-6-3-13(25)10-18(22,23)24/h7-9,13,25H,1-6,10H2,(H,28,29,30). The summed E-state index contributed by atoms with van der Waals surface area (Å²) in [6.07, 6.45) is -14.6. The van der Waals surface area contributed by atoms with Gasteiger partial charge in [-0.05, 0) is 31.0 Å². The van der Waals surface area contributed by atoms with E-state index < -0.39 is 89.0 Å². The van der Waals surface area contributed by atoms with Crippen molar-refractivity contribution in [2.24, 2.45) is 0 Å². The molecule has 8 nitrogen and oxygen atoms in total. The maximum Gasteiger partial charge on any atom is 0.391 e. The van der Waals surface area contributed by atoms with Crippen LogP contribution in [0.2, 0.25) is 0 Å². The van der Waals surface area contributed by atoms with E-state index >= 15 is 0 Å². The van der Waals surface area contributed by atoms with E-state index in [9.17, 15) is 54.0 Å². The summed E-state index contributed by atoms with van der Waals surface area (Å²) < 4.78 is 114. The summed E-state index contributed by atoms with van der Waals surface area (Å²) in [5, 5.41) is 9.25. The molecule has 1 unspecified atom stereocenters. The smallest absolute Gasteiger partial charge is 0.391 e. The number of hydrogen-bond donors (Lipinski definition) is 2. The molecule has 0 spiro atoms. The second-order valence-electron chi connectivity index (χ2n) is 6.83. The van der Waals surface area contributed by atoms with Crippen LogP contribution in [0.25, 0.3) is 0 Å². The maximum absolute atomic E-state index is 12.2. The van der Waals surface area contributed by atoms with E-state index in [0.717, 1.165) is 6.07 Å². The van der Waals surface area contributed by atoms with Crippen molar-refractivity contribution in [3.05, 3.63) is 29.3 Å². The molecule has 1 aromatic carbocycles. The number of benzene rings is 1. The highest BCUT2D eigenvalue weighted by molar-refractivity contribution is 7.85. The summed E-state index contributed by atoms with van der Waals surface area (Å²) in [7, 11) is -4.92. The van der Waals surface area contributed by atoms with Gasteiger partial charge in [-0.15, -0.1) is 0 Å². The highest BCUT2D eigenvalue weighted by atomic mass is 32.2. The summed E-state index contributed by atoms with van der Waals surface area (Å²) in [5.74, 6) is -2.49. The maximum atomic E-state index is 12.2. The second-order valence-corrected chi connectivity index (χ2v) is 8.25. The summed E-state index contributed by atoms with van der Waals surface area (Å²) in [6.45, 7) is -1.12.